The Morgan fingerprint density at radius 2 is 1.93 bits per heavy atom. The number of aldehydes is 1. The Hall–Kier alpha value is -1.91. The van der Waals surface area contributed by atoms with Gasteiger partial charge in [0.15, 0.2) is 0 Å². The molecule has 0 aromatic rings. The molecule has 0 aliphatic carbocycles. The van der Waals surface area contributed by atoms with Crippen LogP contribution in [0, 0.1) is 4.91 Å². The summed E-state index contributed by atoms with van der Waals surface area (Å²) in [5.41, 5.74) is -0.0768. The van der Waals surface area contributed by atoms with Gasteiger partial charge in [-0.1, -0.05) is 13.8 Å². The van der Waals surface area contributed by atoms with Gasteiger partial charge in [-0.3, -0.25) is 14.6 Å². The van der Waals surface area contributed by atoms with E-state index in [2.05, 4.69) is 16.9 Å². The van der Waals surface area contributed by atoms with E-state index in [1.165, 1.54) is 0 Å². The molecule has 0 atom stereocenters. The highest BCUT2D eigenvalue weighted by Gasteiger charge is 2.04. The van der Waals surface area contributed by atoms with Crippen molar-refractivity contribution < 1.29 is 9.59 Å². The van der Waals surface area contributed by atoms with Crippen LogP contribution in [0.1, 0.15) is 13.8 Å². The molecule has 14 heavy (non-hydrogen) atoms. The quantitative estimate of drug-likeness (QED) is 0.225. The Balaban J connectivity index is 0. The summed E-state index contributed by atoms with van der Waals surface area (Å²) in [6.07, 6.45) is 3.70. The molecule has 0 aromatic carbocycles. The normalized spacial score (nSPS) is 10.0. The minimum absolute atomic E-state index is 0.0768. The molecule has 0 aromatic heterocycles. The molecular weight excluding hydrogens is 184 g/mol. The average molecular weight is 196 g/mol. The van der Waals surface area contributed by atoms with Crippen molar-refractivity contribution in [3.05, 3.63) is 28.8 Å². The fourth-order valence-corrected chi connectivity index (χ4v) is 0.464. The summed E-state index contributed by atoms with van der Waals surface area (Å²) in [6, 6.07) is 0. The van der Waals surface area contributed by atoms with E-state index in [1.54, 1.807) is 0 Å². The highest BCUT2D eigenvalue weighted by Crippen LogP contribution is 1.99. The predicted molar refractivity (Wildman–Crippen MR) is 55.0 cm³/mol. The zero-order valence-electron chi connectivity index (χ0n) is 8.14. The number of hydrogen-bond acceptors (Lipinski definition) is 4. The van der Waals surface area contributed by atoms with Crippen LogP contribution in [0.3, 0.4) is 0 Å². The lowest BCUT2D eigenvalue weighted by Gasteiger charge is -1.87. The van der Waals surface area contributed by atoms with E-state index < -0.39 is 5.91 Å². The summed E-state index contributed by atoms with van der Waals surface area (Å²) >= 11 is 0. The van der Waals surface area contributed by atoms with Gasteiger partial charge >= 0.3 is 5.91 Å². The number of hydrogen-bond donors (Lipinski definition) is 0. The smallest absolute Gasteiger partial charge is 0.299 e. The van der Waals surface area contributed by atoms with Crippen LogP contribution in [0.25, 0.3) is 0 Å². The number of nitrogens with zero attached hydrogens (tertiary/aromatic N) is 2. The van der Waals surface area contributed by atoms with Gasteiger partial charge in [0.2, 0.25) is 0 Å². The van der Waals surface area contributed by atoms with Gasteiger partial charge in [-0.15, -0.1) is 4.91 Å². The van der Waals surface area contributed by atoms with Crippen LogP contribution < -0.4 is 0 Å². The lowest BCUT2D eigenvalue weighted by molar-refractivity contribution is -0.114. The third-order valence-electron chi connectivity index (χ3n) is 0.915. The van der Waals surface area contributed by atoms with E-state index in [9.17, 15) is 14.5 Å². The first-order chi connectivity index (χ1) is 6.76. The maximum absolute atomic E-state index is 10.6. The fraction of sp³-hybridized carbons (Fsp3) is 0.222. The van der Waals surface area contributed by atoms with Crippen LogP contribution >= 0.6 is 0 Å². The van der Waals surface area contributed by atoms with E-state index >= 15 is 0 Å². The summed E-state index contributed by atoms with van der Waals surface area (Å²) in [4.78, 5) is 33.5. The molecule has 0 saturated carbocycles. The molecule has 0 rings (SSSR count). The number of aliphatic imine (C=N–C) groups is 1. The fourth-order valence-electron chi connectivity index (χ4n) is 0.464. The third-order valence-corrected chi connectivity index (χ3v) is 0.915. The molecule has 0 radical (unpaired) electrons. The van der Waals surface area contributed by atoms with Crippen LogP contribution in [-0.2, 0) is 9.59 Å². The SMILES string of the molecule is C=N/C=C(\C=C\C=O)C(=O)N=O.CC. The van der Waals surface area contributed by atoms with E-state index in [-0.39, 0.29) is 5.57 Å². The highest BCUT2D eigenvalue weighted by molar-refractivity contribution is 5.97. The minimum Gasteiger partial charge on any atom is -0.299 e. The molecule has 1 amide bonds. The molecule has 0 aliphatic rings. The van der Waals surface area contributed by atoms with Crippen molar-refractivity contribution in [3.8, 4) is 0 Å². The van der Waals surface area contributed by atoms with E-state index in [0.29, 0.717) is 6.29 Å². The summed E-state index contributed by atoms with van der Waals surface area (Å²) in [7, 11) is 0. The summed E-state index contributed by atoms with van der Waals surface area (Å²) < 4.78 is 0. The van der Waals surface area contributed by atoms with Crippen molar-refractivity contribution in [3.63, 3.8) is 0 Å². The zero-order valence-corrected chi connectivity index (χ0v) is 8.14. The van der Waals surface area contributed by atoms with Crippen molar-refractivity contribution in [1.82, 2.24) is 0 Å². The Morgan fingerprint density at radius 3 is 2.29 bits per heavy atom. The molecule has 5 nitrogen and oxygen atoms in total. The van der Waals surface area contributed by atoms with Gasteiger partial charge in [0, 0.05) is 11.4 Å². The average Bonchev–Trinajstić information content (AvgIpc) is 2.26. The zero-order chi connectivity index (χ0) is 11.4. The van der Waals surface area contributed by atoms with Crippen molar-refractivity contribution >= 4 is 18.9 Å². The van der Waals surface area contributed by atoms with Crippen LogP contribution in [-0.4, -0.2) is 18.9 Å². The minimum atomic E-state index is -0.986. The lowest BCUT2D eigenvalue weighted by Crippen LogP contribution is -1.94. The molecule has 0 heterocycles. The molecule has 0 saturated heterocycles. The Labute approximate surface area is 82.2 Å². The molecule has 0 fully saturated rings. The van der Waals surface area contributed by atoms with Crippen molar-refractivity contribution in [2.45, 2.75) is 13.8 Å². The van der Waals surface area contributed by atoms with Gasteiger partial charge in [-0.2, -0.15) is 0 Å². The second-order valence-corrected chi connectivity index (χ2v) is 1.66. The second kappa shape index (κ2) is 11.1. The monoisotopic (exact) mass is 196 g/mol. The van der Waals surface area contributed by atoms with Crippen LogP contribution in [0.15, 0.2) is 34.1 Å². The number of nitroso groups, excluding NO2 is 1. The van der Waals surface area contributed by atoms with E-state index in [4.69, 9.17) is 0 Å². The molecule has 0 N–H and O–H groups in total. The predicted octanol–water partition coefficient (Wildman–Crippen LogP) is 1.65. The first-order valence-corrected chi connectivity index (χ1v) is 3.91. The summed E-state index contributed by atoms with van der Waals surface area (Å²) in [5, 5.41) is 2.15. The van der Waals surface area contributed by atoms with Gasteiger partial charge in [0.25, 0.3) is 0 Å². The number of allylic oxidation sites excluding steroid dienone is 1. The van der Waals surface area contributed by atoms with Crippen molar-refractivity contribution in [1.29, 1.82) is 0 Å². The molecular formula is C9H12N2O3. The van der Waals surface area contributed by atoms with E-state index in [0.717, 1.165) is 18.4 Å². The highest BCUT2D eigenvalue weighted by atomic mass is 16.3. The standard InChI is InChI=1S/C7H6N2O3.C2H6/c1-8-5-6(3-2-4-10)7(11)9-12;1-2/h2-5H,1H2;1-2H3/b3-2+,6-5+;. The Morgan fingerprint density at radius 1 is 1.36 bits per heavy atom. The maximum Gasteiger partial charge on any atom is 0.318 e. The second-order valence-electron chi connectivity index (χ2n) is 1.66. The van der Waals surface area contributed by atoms with Crippen LogP contribution in [0.4, 0.5) is 0 Å². The Kier molecular flexibility index (Phi) is 11.6. The maximum atomic E-state index is 10.6. The molecule has 5 heteroatoms. The van der Waals surface area contributed by atoms with Crippen molar-refractivity contribution in [2.75, 3.05) is 0 Å². The van der Waals surface area contributed by atoms with Crippen LogP contribution in [0.2, 0.25) is 0 Å². The first-order valence-electron chi connectivity index (χ1n) is 3.91. The molecule has 76 valence electrons. The van der Waals surface area contributed by atoms with Gasteiger partial charge in [-0.05, 0) is 18.9 Å². The first kappa shape index (κ1) is 14.6. The third kappa shape index (κ3) is 6.78. The molecule has 0 bridgehead atoms. The number of carbonyl (C=O) groups excluding carboxylic acids is 2. The Bertz CT molecular complexity index is 267. The number of amides is 1. The number of rotatable bonds is 4. The largest absolute Gasteiger partial charge is 0.318 e. The van der Waals surface area contributed by atoms with Gasteiger partial charge < -0.3 is 0 Å². The van der Waals surface area contributed by atoms with Crippen molar-refractivity contribution in [2.24, 2.45) is 10.2 Å². The van der Waals surface area contributed by atoms with Gasteiger partial charge in [0.1, 0.15) is 6.29 Å². The van der Waals surface area contributed by atoms with E-state index in [1.807, 2.05) is 13.8 Å². The van der Waals surface area contributed by atoms with Gasteiger partial charge in [0.05, 0.1) is 5.57 Å². The summed E-state index contributed by atoms with van der Waals surface area (Å²) in [5.74, 6) is -0.986. The lowest BCUT2D eigenvalue weighted by atomic mass is 10.2. The van der Waals surface area contributed by atoms with Gasteiger partial charge in [-0.25, -0.2) is 0 Å². The summed E-state index contributed by atoms with van der Waals surface area (Å²) in [6.45, 7) is 7.08. The molecule has 0 aliphatic heterocycles. The van der Waals surface area contributed by atoms with Crippen LogP contribution in [0.5, 0.6) is 0 Å². The number of carbonyl (C=O) groups is 2. The molecule has 0 unspecified atom stereocenters. The topological polar surface area (TPSA) is 75.9 Å². The molecule has 0 spiro atoms.